The van der Waals surface area contributed by atoms with Crippen LogP contribution in [0.15, 0.2) is 28.7 Å². The molecule has 170 valence electrons. The van der Waals surface area contributed by atoms with Gasteiger partial charge in [0.15, 0.2) is 34.7 Å². The van der Waals surface area contributed by atoms with Crippen LogP contribution in [0.25, 0.3) is 11.3 Å². The lowest BCUT2D eigenvalue weighted by Crippen LogP contribution is -2.68. The molecule has 9 nitrogen and oxygen atoms in total. The minimum Gasteiger partial charge on any atom is -0.507 e. The van der Waals surface area contributed by atoms with E-state index in [1.165, 1.54) is 6.07 Å². The van der Waals surface area contributed by atoms with Crippen LogP contribution in [-0.2, 0) is 25.6 Å². The molecule has 2 fully saturated rings. The molecule has 1 heterocycles. The van der Waals surface area contributed by atoms with Crippen molar-refractivity contribution in [2.75, 3.05) is 0 Å². The molecule has 2 aromatic rings. The third-order valence-corrected chi connectivity index (χ3v) is 7.29. The molecule has 33 heavy (non-hydrogen) atoms. The van der Waals surface area contributed by atoms with Crippen LogP contribution in [0, 0.1) is 30.6 Å². The number of phenols is 1. The lowest BCUT2D eigenvalue weighted by atomic mass is 9.53. The molecule has 0 bridgehead atoms. The van der Waals surface area contributed by atoms with Gasteiger partial charge in [0.05, 0.1) is 11.5 Å². The summed E-state index contributed by atoms with van der Waals surface area (Å²) >= 11 is 0. The van der Waals surface area contributed by atoms with E-state index in [0.29, 0.717) is 22.6 Å². The largest absolute Gasteiger partial charge is 0.507 e. The van der Waals surface area contributed by atoms with E-state index in [2.05, 4.69) is 0 Å². The predicted octanol–water partition coefficient (Wildman–Crippen LogP) is 0.895. The molecule has 2 saturated carbocycles. The van der Waals surface area contributed by atoms with E-state index in [1.54, 1.807) is 25.1 Å². The number of carbonyl (C=O) groups excluding carboxylic acids is 5. The van der Waals surface area contributed by atoms with Gasteiger partial charge in [0.25, 0.3) is 0 Å². The maximum atomic E-state index is 13.5. The van der Waals surface area contributed by atoms with Gasteiger partial charge in [-0.3, -0.25) is 24.0 Å². The van der Waals surface area contributed by atoms with Crippen molar-refractivity contribution >= 4 is 29.0 Å². The van der Waals surface area contributed by atoms with Gasteiger partial charge in [-0.25, -0.2) is 0 Å². The van der Waals surface area contributed by atoms with Crippen molar-refractivity contribution in [3.63, 3.8) is 0 Å². The molecular formula is C24H21NO8. The Kier molecular flexibility index (Phi) is 4.48. The van der Waals surface area contributed by atoms with Gasteiger partial charge >= 0.3 is 0 Å². The third kappa shape index (κ3) is 2.78. The van der Waals surface area contributed by atoms with E-state index in [9.17, 15) is 34.2 Å². The van der Waals surface area contributed by atoms with Gasteiger partial charge in [-0.05, 0) is 55.5 Å². The lowest BCUT2D eigenvalue weighted by molar-refractivity contribution is -0.175. The number of benzene rings is 1. The maximum absolute atomic E-state index is 13.5. The first-order valence-corrected chi connectivity index (χ1v) is 10.6. The zero-order valence-corrected chi connectivity index (χ0v) is 17.7. The van der Waals surface area contributed by atoms with E-state index in [-0.39, 0.29) is 30.6 Å². The fraction of sp³-hybridized carbons (Fsp3) is 0.375. The second kappa shape index (κ2) is 6.95. The number of ketones is 4. The summed E-state index contributed by atoms with van der Waals surface area (Å²) in [5.74, 6) is -9.08. The molecule has 5 atom stereocenters. The minimum atomic E-state index is -2.65. The summed E-state index contributed by atoms with van der Waals surface area (Å²) in [7, 11) is 0. The first-order chi connectivity index (χ1) is 15.6. The highest BCUT2D eigenvalue weighted by atomic mass is 16.3. The number of nitrogens with two attached hydrogens (primary N) is 1. The van der Waals surface area contributed by atoms with Gasteiger partial charge in [0.2, 0.25) is 5.91 Å². The summed E-state index contributed by atoms with van der Waals surface area (Å²) in [4.78, 5) is 63.9. The minimum absolute atomic E-state index is 0.0489. The Morgan fingerprint density at radius 1 is 1.09 bits per heavy atom. The number of phenolic OH excluding ortho intramolecular Hbond substituents is 1. The number of rotatable bonds is 2. The number of furan rings is 1. The number of amides is 1. The molecule has 3 aliphatic rings. The topological polar surface area (TPSA) is 165 Å². The van der Waals surface area contributed by atoms with Crippen molar-refractivity contribution in [3.05, 3.63) is 41.2 Å². The lowest BCUT2D eigenvalue weighted by Gasteiger charge is -2.48. The van der Waals surface area contributed by atoms with E-state index < -0.39 is 58.3 Å². The van der Waals surface area contributed by atoms with Crippen LogP contribution in [-0.4, -0.2) is 44.9 Å². The Morgan fingerprint density at radius 3 is 2.45 bits per heavy atom. The molecule has 2 unspecified atom stereocenters. The fourth-order valence-corrected chi connectivity index (χ4v) is 5.78. The number of aromatic hydroxyl groups is 1. The maximum Gasteiger partial charge on any atom is 0.235 e. The van der Waals surface area contributed by atoms with Gasteiger partial charge < -0.3 is 20.4 Å². The Hall–Kier alpha value is -3.59. The average molecular weight is 451 g/mol. The zero-order chi connectivity index (χ0) is 23.8. The van der Waals surface area contributed by atoms with E-state index in [4.69, 9.17) is 10.2 Å². The fourth-order valence-electron chi connectivity index (χ4n) is 5.78. The van der Waals surface area contributed by atoms with Gasteiger partial charge in [-0.2, -0.15) is 0 Å². The molecule has 5 rings (SSSR count). The van der Waals surface area contributed by atoms with Gasteiger partial charge in [0.1, 0.15) is 17.3 Å². The Balaban J connectivity index is 1.62. The second-order valence-corrected chi connectivity index (χ2v) is 9.14. The van der Waals surface area contributed by atoms with E-state index in [0.717, 1.165) is 0 Å². The molecule has 9 heteroatoms. The van der Waals surface area contributed by atoms with Crippen molar-refractivity contribution < 1.29 is 38.6 Å². The molecule has 1 aromatic carbocycles. The first kappa shape index (κ1) is 21.3. The first-order valence-electron chi connectivity index (χ1n) is 10.6. The smallest absolute Gasteiger partial charge is 0.235 e. The van der Waals surface area contributed by atoms with Gasteiger partial charge in [-0.15, -0.1) is 0 Å². The van der Waals surface area contributed by atoms with Crippen molar-refractivity contribution in [1.29, 1.82) is 0 Å². The van der Waals surface area contributed by atoms with Gasteiger partial charge in [0, 0.05) is 17.9 Å². The van der Waals surface area contributed by atoms with E-state index >= 15 is 0 Å². The van der Waals surface area contributed by atoms with Crippen LogP contribution in [0.1, 0.15) is 34.5 Å². The average Bonchev–Trinajstić information content (AvgIpc) is 3.16. The molecule has 1 aromatic heterocycles. The van der Waals surface area contributed by atoms with Crippen LogP contribution in [0.5, 0.6) is 5.75 Å². The number of carbonyl (C=O) groups is 5. The Bertz CT molecular complexity index is 1270. The molecule has 3 aliphatic carbocycles. The van der Waals surface area contributed by atoms with Crippen LogP contribution >= 0.6 is 0 Å². The van der Waals surface area contributed by atoms with Crippen molar-refractivity contribution in [1.82, 2.24) is 0 Å². The molecule has 4 N–H and O–H groups in total. The summed E-state index contributed by atoms with van der Waals surface area (Å²) in [5, 5.41) is 21.7. The summed E-state index contributed by atoms with van der Waals surface area (Å²) in [5.41, 5.74) is 3.59. The molecular weight excluding hydrogens is 430 g/mol. The summed E-state index contributed by atoms with van der Waals surface area (Å²) in [6.45, 7) is 1.77. The van der Waals surface area contributed by atoms with Crippen molar-refractivity contribution in [2.45, 2.75) is 31.8 Å². The van der Waals surface area contributed by atoms with E-state index in [1.807, 2.05) is 0 Å². The number of hydrogen-bond acceptors (Lipinski definition) is 8. The highest BCUT2D eigenvalue weighted by Gasteiger charge is 2.66. The molecule has 0 saturated heterocycles. The van der Waals surface area contributed by atoms with Crippen LogP contribution < -0.4 is 5.73 Å². The summed E-state index contributed by atoms with van der Waals surface area (Å²) < 4.78 is 5.70. The number of Topliss-reactive ketones (excluding diaryl/α,β-unsaturated/α-hetero) is 4. The number of primary amides is 1. The molecule has 1 amide bonds. The highest BCUT2D eigenvalue weighted by molar-refractivity contribution is 6.31. The summed E-state index contributed by atoms with van der Waals surface area (Å²) in [6, 6.07) is 6.47. The number of aliphatic hydroxyl groups is 1. The Morgan fingerprint density at radius 2 is 1.82 bits per heavy atom. The van der Waals surface area contributed by atoms with Crippen LogP contribution in [0.4, 0.5) is 0 Å². The normalized spacial score (nSPS) is 31.1. The highest BCUT2D eigenvalue weighted by Crippen LogP contribution is 2.51. The number of hydrogen-bond donors (Lipinski definition) is 3. The number of fused-ring (bicyclic) bond motifs is 3. The predicted molar refractivity (Wildman–Crippen MR) is 111 cm³/mol. The number of aryl methyl sites for hydroxylation is 1. The molecule has 0 aliphatic heterocycles. The van der Waals surface area contributed by atoms with Crippen LogP contribution in [0.2, 0.25) is 0 Å². The van der Waals surface area contributed by atoms with Crippen molar-refractivity contribution in [3.8, 4) is 17.1 Å². The van der Waals surface area contributed by atoms with Crippen molar-refractivity contribution in [2.24, 2.45) is 29.4 Å². The molecule has 0 radical (unpaired) electrons. The summed E-state index contributed by atoms with van der Waals surface area (Å²) in [6.07, 6.45) is -0.112. The van der Waals surface area contributed by atoms with Gasteiger partial charge in [-0.1, -0.05) is 0 Å². The second-order valence-electron chi connectivity index (χ2n) is 9.14. The Labute approximate surface area is 187 Å². The molecule has 0 spiro atoms. The zero-order valence-electron chi connectivity index (χ0n) is 17.7. The standard InChI is InChI=1S/C24H21NO8/c1-9-2-5-16(33-9)12-3-4-14(26)18-13(12)7-10-6-11-8-15(27)19(23(25)31)22(30)24(11,32)21(29)17(10)20(18)28/h2-5,10-11,17,19,26,32H,6-8H2,1H3,(H2,25,31)/t10-,11+,17?,19?,24+/m1/s1. The monoisotopic (exact) mass is 451 g/mol. The quantitative estimate of drug-likeness (QED) is 0.567. The SMILES string of the molecule is Cc1ccc(-c2ccc(O)c3c2C[C@H]2C[C@H]4CC(=O)C(C(N)=O)C(=O)[C@@]4(O)C(=O)C2C3=O)o1. The third-order valence-electron chi connectivity index (χ3n) is 7.29. The van der Waals surface area contributed by atoms with Crippen LogP contribution in [0.3, 0.4) is 0 Å².